The second-order valence-corrected chi connectivity index (χ2v) is 14.7. The Bertz CT molecular complexity index is 1410. The minimum absolute atomic E-state index is 0.0633. The Kier molecular flexibility index (Phi) is 9.46. The standard InChI is InChI=1S/C23H34N7O10PS/c1-10(2)39-20(34)11(3)29-41(36,42-8-12-6-14(31)26-18(12)33)38-7-13-16(32)23(4,35)21(40-13)30-9-25-15-17(30)27-22(24)28-19(15)37-5/h9-13,16,21,32,35H,6-8H2,1-5H3,(H,29,36)(H2,24,27,28)(H,26,31,33)/t11-,12?,13-,16-,21?,23-,41?/m1/s1. The molecule has 232 valence electrons. The maximum absolute atomic E-state index is 13.9. The molecule has 0 saturated carbocycles. The lowest BCUT2D eigenvalue weighted by Crippen LogP contribution is -2.44. The van der Waals surface area contributed by atoms with E-state index in [1.807, 2.05) is 0 Å². The first kappa shape index (κ1) is 32.1. The molecule has 0 aromatic carbocycles. The predicted octanol–water partition coefficient (Wildman–Crippen LogP) is -0.123. The molecule has 6 N–H and O–H groups in total. The lowest BCUT2D eigenvalue weighted by atomic mass is 9.96. The summed E-state index contributed by atoms with van der Waals surface area (Å²) in [6.45, 7) is 1.59. The number of methoxy groups -OCH3 is 1. The quantitative estimate of drug-likeness (QED) is 0.116. The van der Waals surface area contributed by atoms with Gasteiger partial charge in [-0.3, -0.25) is 28.8 Å². The van der Waals surface area contributed by atoms with Crippen LogP contribution in [0.1, 0.15) is 40.3 Å². The molecule has 17 nitrogen and oxygen atoms in total. The second-order valence-electron chi connectivity index (χ2n) is 10.4. The van der Waals surface area contributed by atoms with Crippen molar-refractivity contribution >= 4 is 53.0 Å². The molecular weight excluding hydrogens is 597 g/mol. The van der Waals surface area contributed by atoms with Crippen LogP contribution < -0.4 is 20.9 Å². The zero-order valence-electron chi connectivity index (χ0n) is 23.5. The molecule has 7 atom stereocenters. The summed E-state index contributed by atoms with van der Waals surface area (Å²) < 4.78 is 37.3. The van der Waals surface area contributed by atoms with E-state index in [0.29, 0.717) is 0 Å². The van der Waals surface area contributed by atoms with Gasteiger partial charge < -0.3 is 34.7 Å². The largest absolute Gasteiger partial charge is 0.479 e. The van der Waals surface area contributed by atoms with Gasteiger partial charge in [-0.1, -0.05) is 11.4 Å². The van der Waals surface area contributed by atoms with Crippen molar-refractivity contribution in [2.24, 2.45) is 5.92 Å². The van der Waals surface area contributed by atoms with Gasteiger partial charge in [0.15, 0.2) is 17.4 Å². The van der Waals surface area contributed by atoms with E-state index in [1.165, 1.54) is 31.9 Å². The Morgan fingerprint density at radius 3 is 2.71 bits per heavy atom. The Morgan fingerprint density at radius 2 is 2.10 bits per heavy atom. The summed E-state index contributed by atoms with van der Waals surface area (Å²) in [6.07, 6.45) is -3.19. The Labute approximate surface area is 244 Å². The molecule has 2 aliphatic heterocycles. The zero-order valence-corrected chi connectivity index (χ0v) is 25.3. The van der Waals surface area contributed by atoms with Gasteiger partial charge in [-0.25, -0.2) is 10.1 Å². The van der Waals surface area contributed by atoms with Gasteiger partial charge in [0, 0.05) is 12.2 Å². The van der Waals surface area contributed by atoms with E-state index < -0.39 is 73.2 Å². The topological polar surface area (TPSA) is 239 Å². The van der Waals surface area contributed by atoms with Crippen LogP contribution >= 0.6 is 18.1 Å². The number of carbonyl (C=O) groups is 3. The number of hydrogen-bond acceptors (Lipinski definition) is 15. The number of nitrogens with zero attached hydrogens (tertiary/aromatic N) is 4. The maximum atomic E-state index is 13.9. The monoisotopic (exact) mass is 631 g/mol. The molecule has 2 aromatic heterocycles. The van der Waals surface area contributed by atoms with Gasteiger partial charge in [0.1, 0.15) is 23.9 Å². The number of fused-ring (bicyclic) bond motifs is 1. The van der Waals surface area contributed by atoms with Crippen molar-refractivity contribution in [1.29, 1.82) is 0 Å². The van der Waals surface area contributed by atoms with Crippen molar-refractivity contribution in [1.82, 2.24) is 29.9 Å². The highest BCUT2D eigenvalue weighted by Gasteiger charge is 2.54. The molecule has 19 heteroatoms. The van der Waals surface area contributed by atoms with Gasteiger partial charge >= 0.3 is 12.7 Å². The van der Waals surface area contributed by atoms with Crippen LogP contribution in [0.3, 0.4) is 0 Å². The summed E-state index contributed by atoms with van der Waals surface area (Å²) >= 11 is 0.724. The summed E-state index contributed by atoms with van der Waals surface area (Å²) in [5, 5.41) is 27.1. The molecule has 0 bridgehead atoms. The smallest absolute Gasteiger partial charge is 0.327 e. The van der Waals surface area contributed by atoms with Crippen LogP contribution in [0.25, 0.3) is 11.2 Å². The van der Waals surface area contributed by atoms with Crippen molar-refractivity contribution in [2.75, 3.05) is 25.2 Å². The Balaban J connectivity index is 1.53. The first-order valence-electron chi connectivity index (χ1n) is 13.0. The molecule has 2 fully saturated rings. The molecule has 2 amide bonds. The number of hydrogen-bond donors (Lipinski definition) is 5. The molecule has 4 heterocycles. The Morgan fingerprint density at radius 1 is 1.38 bits per heavy atom. The van der Waals surface area contributed by atoms with Gasteiger partial charge in [-0.15, -0.1) is 0 Å². The SMILES string of the molecule is COc1nc(N)nc2c1ncn2C1O[C@H](COP(=O)(N[C@H](C)C(=O)OC(C)C)SCC2CC(=O)NC2=O)[C@@H](O)[C@@]1(C)O. The minimum atomic E-state index is -4.00. The lowest BCUT2D eigenvalue weighted by Gasteiger charge is -2.27. The number of amides is 2. The first-order valence-corrected chi connectivity index (χ1v) is 16.2. The van der Waals surface area contributed by atoms with Crippen LogP contribution in [0.4, 0.5) is 5.95 Å². The normalized spacial score (nSPS) is 28.2. The fourth-order valence-corrected chi connectivity index (χ4v) is 8.46. The van der Waals surface area contributed by atoms with E-state index in [2.05, 4.69) is 25.4 Å². The molecule has 42 heavy (non-hydrogen) atoms. The number of rotatable bonds is 12. The van der Waals surface area contributed by atoms with Gasteiger partial charge in [0.2, 0.25) is 23.6 Å². The van der Waals surface area contributed by atoms with Gasteiger partial charge in [-0.2, -0.15) is 9.97 Å². The number of nitrogens with one attached hydrogen (secondary N) is 2. The number of aliphatic hydroxyl groups excluding tert-OH is 1. The van der Waals surface area contributed by atoms with E-state index >= 15 is 0 Å². The second kappa shape index (κ2) is 12.4. The molecular formula is C23H34N7O10PS. The summed E-state index contributed by atoms with van der Waals surface area (Å²) in [4.78, 5) is 48.4. The van der Waals surface area contributed by atoms with Crippen molar-refractivity contribution in [2.45, 2.75) is 70.3 Å². The summed E-state index contributed by atoms with van der Waals surface area (Å²) in [5.41, 5.74) is 4.29. The van der Waals surface area contributed by atoms with Crippen molar-refractivity contribution in [3.8, 4) is 5.88 Å². The number of ether oxygens (including phenoxy) is 3. The van der Waals surface area contributed by atoms with Crippen LogP contribution in [-0.4, -0.2) is 96.9 Å². The fourth-order valence-electron chi connectivity index (χ4n) is 4.44. The minimum Gasteiger partial charge on any atom is -0.479 e. The van der Waals surface area contributed by atoms with Crippen LogP contribution in [0, 0.1) is 5.92 Å². The average molecular weight is 632 g/mol. The summed E-state index contributed by atoms with van der Waals surface area (Å²) in [7, 11) is 1.38. The molecule has 0 aliphatic carbocycles. The first-order chi connectivity index (χ1) is 19.6. The van der Waals surface area contributed by atoms with Gasteiger partial charge in [0.25, 0.3) is 0 Å². The number of aromatic nitrogens is 4. The summed E-state index contributed by atoms with van der Waals surface area (Å²) in [5.74, 6) is -2.48. The van der Waals surface area contributed by atoms with Crippen LogP contribution in [0.15, 0.2) is 6.33 Å². The molecule has 0 radical (unpaired) electrons. The predicted molar refractivity (Wildman–Crippen MR) is 148 cm³/mol. The highest BCUT2D eigenvalue weighted by Crippen LogP contribution is 2.58. The highest BCUT2D eigenvalue weighted by molar-refractivity contribution is 8.56. The molecule has 2 aromatic rings. The molecule has 0 spiro atoms. The summed E-state index contributed by atoms with van der Waals surface area (Å²) in [6, 6.07) is -1.08. The van der Waals surface area contributed by atoms with Crippen LogP contribution in [0.2, 0.25) is 0 Å². The molecule has 4 rings (SSSR count). The van der Waals surface area contributed by atoms with Gasteiger partial charge in [-0.05, 0) is 27.7 Å². The van der Waals surface area contributed by atoms with E-state index in [-0.39, 0.29) is 35.2 Å². The maximum Gasteiger partial charge on any atom is 0.327 e. The van der Waals surface area contributed by atoms with E-state index in [4.69, 9.17) is 24.5 Å². The van der Waals surface area contributed by atoms with Crippen LogP contribution in [-0.2, 0) is 32.9 Å². The third kappa shape index (κ3) is 6.69. The number of esters is 1. The molecule has 2 aliphatic rings. The zero-order chi connectivity index (χ0) is 31.0. The number of nitrogens with two attached hydrogens (primary N) is 1. The van der Waals surface area contributed by atoms with E-state index in [1.54, 1.807) is 13.8 Å². The number of carbonyl (C=O) groups excluding carboxylic acids is 3. The molecule has 3 unspecified atom stereocenters. The van der Waals surface area contributed by atoms with Crippen molar-refractivity contribution < 1.29 is 47.9 Å². The highest BCUT2D eigenvalue weighted by atomic mass is 32.7. The van der Waals surface area contributed by atoms with Crippen molar-refractivity contribution in [3.05, 3.63) is 6.33 Å². The Hall–Kier alpha value is -2.86. The third-order valence-electron chi connectivity index (χ3n) is 6.58. The lowest BCUT2D eigenvalue weighted by molar-refractivity contribution is -0.149. The number of aliphatic hydroxyl groups is 2. The number of imidazole rings is 1. The molecule has 2 saturated heterocycles. The van der Waals surface area contributed by atoms with E-state index in [9.17, 15) is 29.2 Å². The van der Waals surface area contributed by atoms with E-state index in [0.717, 1.165) is 11.4 Å². The average Bonchev–Trinajstić information content (AvgIpc) is 3.53. The van der Waals surface area contributed by atoms with Gasteiger partial charge in [0.05, 0.1) is 32.1 Å². The fraction of sp³-hybridized carbons (Fsp3) is 0.652. The third-order valence-corrected chi connectivity index (χ3v) is 10.8. The van der Waals surface area contributed by atoms with Crippen LogP contribution in [0.5, 0.6) is 5.88 Å². The van der Waals surface area contributed by atoms with Crippen molar-refractivity contribution in [3.63, 3.8) is 0 Å². The number of nitrogen functional groups attached to an aromatic ring is 1. The number of anilines is 1. The number of imide groups is 1.